The third-order valence-electron chi connectivity index (χ3n) is 3.96. The van der Waals surface area contributed by atoms with E-state index in [1.54, 1.807) is 23.7 Å². The van der Waals surface area contributed by atoms with E-state index < -0.39 is 22.5 Å². The quantitative estimate of drug-likeness (QED) is 0.588. The molecule has 2 aromatic carbocycles. The van der Waals surface area contributed by atoms with Gasteiger partial charge in [-0.1, -0.05) is 60.7 Å². The Kier molecular flexibility index (Phi) is 6.23. The number of nitrogens with zero attached hydrogens (tertiary/aromatic N) is 2. The molecule has 0 atom stereocenters. The minimum absolute atomic E-state index is 0.0129. The maximum Gasteiger partial charge on any atom is 0.321 e. The van der Waals surface area contributed by atoms with Gasteiger partial charge in [-0.15, -0.1) is 0 Å². The van der Waals surface area contributed by atoms with Crippen molar-refractivity contribution >= 4 is 16.0 Å². The zero-order valence-corrected chi connectivity index (χ0v) is 16.2. The molecule has 0 spiro atoms. The second-order valence-electron chi connectivity index (χ2n) is 6.02. The van der Waals surface area contributed by atoms with Crippen molar-refractivity contribution in [1.82, 2.24) is 14.5 Å². The summed E-state index contributed by atoms with van der Waals surface area (Å²) in [6.07, 6.45) is 1.48. The summed E-state index contributed by atoms with van der Waals surface area (Å²) in [6, 6.07) is 18.7. The molecule has 0 unspecified atom stereocenters. The molecule has 0 saturated heterocycles. The van der Waals surface area contributed by atoms with Crippen molar-refractivity contribution in [3.8, 4) is 11.3 Å². The predicted molar refractivity (Wildman–Crippen MR) is 105 cm³/mol. The number of ether oxygens (including phenoxy) is 1. The molecule has 0 bridgehead atoms. The molecule has 3 rings (SSSR count). The Morgan fingerprint density at radius 2 is 1.71 bits per heavy atom. The van der Waals surface area contributed by atoms with Crippen molar-refractivity contribution in [2.45, 2.75) is 18.4 Å². The van der Waals surface area contributed by atoms with Crippen LogP contribution < -0.4 is 4.72 Å². The number of carbonyl (C=O) groups is 1. The smallest absolute Gasteiger partial charge is 0.321 e. The van der Waals surface area contributed by atoms with Crippen LogP contribution in [0.15, 0.2) is 71.8 Å². The molecule has 0 radical (unpaired) electrons. The van der Waals surface area contributed by atoms with Crippen molar-refractivity contribution in [2.75, 3.05) is 13.2 Å². The average molecular weight is 399 g/mol. The van der Waals surface area contributed by atoms with E-state index in [0.717, 1.165) is 5.56 Å². The lowest BCUT2D eigenvalue weighted by atomic mass is 10.2. The van der Waals surface area contributed by atoms with Crippen LogP contribution in [0, 0.1) is 0 Å². The van der Waals surface area contributed by atoms with Gasteiger partial charge >= 0.3 is 5.97 Å². The lowest BCUT2D eigenvalue weighted by Gasteiger charge is -2.06. The van der Waals surface area contributed by atoms with Gasteiger partial charge in [0.1, 0.15) is 17.1 Å². The summed E-state index contributed by atoms with van der Waals surface area (Å²) in [7, 11) is -3.96. The van der Waals surface area contributed by atoms with Crippen LogP contribution in [0.5, 0.6) is 0 Å². The molecule has 1 heterocycles. The van der Waals surface area contributed by atoms with E-state index in [0.29, 0.717) is 17.8 Å². The molecule has 146 valence electrons. The Bertz CT molecular complexity index is 1030. The van der Waals surface area contributed by atoms with Crippen molar-refractivity contribution in [3.05, 3.63) is 72.4 Å². The minimum atomic E-state index is -3.96. The maximum absolute atomic E-state index is 12.8. The van der Waals surface area contributed by atoms with Gasteiger partial charge in [-0.3, -0.25) is 9.48 Å². The molecule has 3 aromatic rings. The number of rotatable bonds is 8. The van der Waals surface area contributed by atoms with E-state index >= 15 is 0 Å². The second kappa shape index (κ2) is 8.81. The van der Waals surface area contributed by atoms with Crippen molar-refractivity contribution < 1.29 is 17.9 Å². The first kappa shape index (κ1) is 19.8. The molecule has 0 saturated carbocycles. The summed E-state index contributed by atoms with van der Waals surface area (Å²) in [5.74, 6) is -0.635. The number of carbonyl (C=O) groups excluding carboxylic acids is 1. The summed E-state index contributed by atoms with van der Waals surface area (Å²) < 4.78 is 34.3. The number of benzene rings is 2. The largest absolute Gasteiger partial charge is 0.465 e. The van der Waals surface area contributed by atoms with Crippen LogP contribution in [-0.4, -0.2) is 37.3 Å². The van der Waals surface area contributed by atoms with E-state index in [4.69, 9.17) is 4.74 Å². The summed E-state index contributed by atoms with van der Waals surface area (Å²) in [6.45, 7) is 1.83. The molecule has 1 aromatic heterocycles. The number of nitrogens with one attached hydrogen (secondary N) is 1. The third kappa shape index (κ3) is 4.85. The lowest BCUT2D eigenvalue weighted by Crippen LogP contribution is -2.30. The summed E-state index contributed by atoms with van der Waals surface area (Å²) in [5.41, 5.74) is 1.99. The average Bonchev–Trinajstić information content (AvgIpc) is 3.13. The van der Waals surface area contributed by atoms with Crippen LogP contribution in [0.4, 0.5) is 0 Å². The highest BCUT2D eigenvalue weighted by molar-refractivity contribution is 7.89. The molecule has 28 heavy (non-hydrogen) atoms. The fourth-order valence-corrected chi connectivity index (χ4v) is 3.83. The van der Waals surface area contributed by atoms with E-state index in [1.807, 2.05) is 48.5 Å². The molecule has 0 aliphatic rings. The van der Waals surface area contributed by atoms with Crippen LogP contribution in [0.25, 0.3) is 11.3 Å². The van der Waals surface area contributed by atoms with Gasteiger partial charge in [-0.05, 0) is 12.5 Å². The lowest BCUT2D eigenvalue weighted by molar-refractivity contribution is -0.141. The number of esters is 1. The summed E-state index contributed by atoms with van der Waals surface area (Å²) in [5, 5.41) is 4.49. The molecule has 0 amide bonds. The number of aromatic nitrogens is 2. The van der Waals surface area contributed by atoms with Crippen LogP contribution >= 0.6 is 0 Å². The van der Waals surface area contributed by atoms with Gasteiger partial charge in [0.15, 0.2) is 0 Å². The number of hydrogen-bond acceptors (Lipinski definition) is 5. The van der Waals surface area contributed by atoms with Crippen molar-refractivity contribution in [2.24, 2.45) is 0 Å². The summed E-state index contributed by atoms with van der Waals surface area (Å²) in [4.78, 5) is 11.6. The standard InChI is InChI=1S/C20H21N3O4S/c1-2-27-19(24)13-21-28(25,26)18-15-23(14-16-9-5-3-6-10-16)22-20(18)17-11-7-4-8-12-17/h3-12,15,21H,2,13-14H2,1H3. The minimum Gasteiger partial charge on any atom is -0.465 e. The SMILES string of the molecule is CCOC(=O)CNS(=O)(=O)c1cn(Cc2ccccc2)nc1-c1ccccc1. The van der Waals surface area contributed by atoms with Gasteiger partial charge in [-0.2, -0.15) is 9.82 Å². The molecule has 7 nitrogen and oxygen atoms in total. The molecule has 0 fully saturated rings. The zero-order valence-electron chi connectivity index (χ0n) is 15.4. The molecule has 1 N–H and O–H groups in total. The highest BCUT2D eigenvalue weighted by atomic mass is 32.2. The van der Waals surface area contributed by atoms with Crippen molar-refractivity contribution in [1.29, 1.82) is 0 Å². The van der Waals surface area contributed by atoms with Gasteiger partial charge in [0, 0.05) is 11.8 Å². The molecule has 0 aliphatic heterocycles. The first-order valence-corrected chi connectivity index (χ1v) is 10.3. The monoisotopic (exact) mass is 399 g/mol. The van der Waals surface area contributed by atoms with Crippen LogP contribution in [0.3, 0.4) is 0 Å². The second-order valence-corrected chi connectivity index (χ2v) is 7.76. The van der Waals surface area contributed by atoms with Crippen molar-refractivity contribution in [3.63, 3.8) is 0 Å². The Balaban J connectivity index is 1.95. The first-order valence-electron chi connectivity index (χ1n) is 8.81. The third-order valence-corrected chi connectivity index (χ3v) is 5.37. The fraction of sp³-hybridized carbons (Fsp3) is 0.200. The van der Waals surface area contributed by atoms with Crippen LogP contribution in [-0.2, 0) is 26.1 Å². The van der Waals surface area contributed by atoms with E-state index in [-0.39, 0.29) is 11.5 Å². The Morgan fingerprint density at radius 1 is 1.07 bits per heavy atom. The molecule has 0 aliphatic carbocycles. The fourth-order valence-electron chi connectivity index (χ4n) is 2.69. The van der Waals surface area contributed by atoms with Crippen LogP contribution in [0.1, 0.15) is 12.5 Å². The predicted octanol–water partition coefficient (Wildman–Crippen LogP) is 2.44. The first-order chi connectivity index (χ1) is 13.5. The van der Waals surface area contributed by atoms with Gasteiger partial charge in [0.05, 0.1) is 13.2 Å². The van der Waals surface area contributed by atoms with E-state index in [1.165, 1.54) is 6.20 Å². The molecular formula is C20H21N3O4S. The Morgan fingerprint density at radius 3 is 2.36 bits per heavy atom. The van der Waals surface area contributed by atoms with Gasteiger partial charge in [0.25, 0.3) is 0 Å². The molecular weight excluding hydrogens is 378 g/mol. The van der Waals surface area contributed by atoms with Gasteiger partial charge < -0.3 is 4.74 Å². The maximum atomic E-state index is 12.8. The highest BCUT2D eigenvalue weighted by Crippen LogP contribution is 2.26. The van der Waals surface area contributed by atoms with Gasteiger partial charge in [0.2, 0.25) is 10.0 Å². The van der Waals surface area contributed by atoms with E-state index in [2.05, 4.69) is 9.82 Å². The Hall–Kier alpha value is -2.97. The number of hydrogen-bond donors (Lipinski definition) is 1. The topological polar surface area (TPSA) is 90.3 Å². The Labute approximate surface area is 164 Å². The normalized spacial score (nSPS) is 11.3. The van der Waals surface area contributed by atoms with Gasteiger partial charge in [-0.25, -0.2) is 8.42 Å². The highest BCUT2D eigenvalue weighted by Gasteiger charge is 2.24. The van der Waals surface area contributed by atoms with Crippen LogP contribution in [0.2, 0.25) is 0 Å². The number of sulfonamides is 1. The molecule has 8 heteroatoms. The summed E-state index contributed by atoms with van der Waals surface area (Å²) >= 11 is 0. The van der Waals surface area contributed by atoms with E-state index in [9.17, 15) is 13.2 Å². The zero-order chi connectivity index (χ0) is 20.0.